The number of Topliss-reactive ketones (excluding diaryl/α,β-unsaturated/α-hetero) is 1. The Bertz CT molecular complexity index is 838. The summed E-state index contributed by atoms with van der Waals surface area (Å²) in [5.41, 5.74) is 2.56. The van der Waals surface area contributed by atoms with E-state index >= 15 is 0 Å². The summed E-state index contributed by atoms with van der Waals surface area (Å²) in [6.07, 6.45) is 1.65. The standard InChI is InChI=1S/C23H26BrNO2/c1-16-6-4-5-7-22(16)23(17(2)26,19-8-10-21(24)11-9-19)20-12-14-25(15-13-20)18(3)27/h4-11,20H,12-15H2,1-3H3. The molecule has 142 valence electrons. The first kappa shape index (κ1) is 19.8. The molecule has 1 heterocycles. The molecule has 1 amide bonds. The zero-order chi connectivity index (χ0) is 19.6. The van der Waals surface area contributed by atoms with Crippen LogP contribution in [0.3, 0.4) is 0 Å². The van der Waals surface area contributed by atoms with E-state index in [2.05, 4.69) is 47.1 Å². The van der Waals surface area contributed by atoms with Crippen molar-refractivity contribution in [2.75, 3.05) is 13.1 Å². The molecule has 1 fully saturated rings. The van der Waals surface area contributed by atoms with Gasteiger partial charge in [0.05, 0.1) is 5.41 Å². The number of likely N-dealkylation sites (tertiary alicyclic amines) is 1. The summed E-state index contributed by atoms with van der Waals surface area (Å²) in [4.78, 5) is 27.0. The van der Waals surface area contributed by atoms with Gasteiger partial charge >= 0.3 is 0 Å². The molecule has 1 aliphatic rings. The Morgan fingerprint density at radius 1 is 1.00 bits per heavy atom. The van der Waals surface area contributed by atoms with Crippen molar-refractivity contribution in [1.82, 2.24) is 4.90 Å². The first-order valence-corrected chi connectivity index (χ1v) is 10.3. The molecule has 4 heteroatoms. The van der Waals surface area contributed by atoms with Crippen molar-refractivity contribution in [3.63, 3.8) is 0 Å². The van der Waals surface area contributed by atoms with Crippen LogP contribution in [0.4, 0.5) is 0 Å². The quantitative estimate of drug-likeness (QED) is 0.696. The van der Waals surface area contributed by atoms with Crippen LogP contribution in [0, 0.1) is 12.8 Å². The van der Waals surface area contributed by atoms with Gasteiger partial charge in [-0.15, -0.1) is 0 Å². The summed E-state index contributed by atoms with van der Waals surface area (Å²) in [6, 6.07) is 16.4. The zero-order valence-electron chi connectivity index (χ0n) is 16.2. The van der Waals surface area contributed by atoms with Gasteiger partial charge in [-0.25, -0.2) is 0 Å². The van der Waals surface area contributed by atoms with Crippen LogP contribution in [0.5, 0.6) is 0 Å². The molecule has 3 rings (SSSR count). The summed E-state index contributed by atoms with van der Waals surface area (Å²) >= 11 is 3.51. The Labute approximate surface area is 169 Å². The molecule has 1 unspecified atom stereocenters. The van der Waals surface area contributed by atoms with Gasteiger partial charge in [-0.3, -0.25) is 9.59 Å². The number of ketones is 1. The number of hydrogen-bond donors (Lipinski definition) is 0. The van der Waals surface area contributed by atoms with Gasteiger partial charge in [0, 0.05) is 24.5 Å². The van der Waals surface area contributed by atoms with Crippen LogP contribution in [0.25, 0.3) is 0 Å². The number of amides is 1. The van der Waals surface area contributed by atoms with Crippen molar-refractivity contribution in [1.29, 1.82) is 0 Å². The lowest BCUT2D eigenvalue weighted by molar-refractivity contribution is -0.131. The first-order chi connectivity index (χ1) is 12.9. The molecule has 2 aromatic carbocycles. The fourth-order valence-corrected chi connectivity index (χ4v) is 4.91. The number of benzene rings is 2. The maximum atomic E-state index is 13.3. The van der Waals surface area contributed by atoms with E-state index in [9.17, 15) is 9.59 Å². The van der Waals surface area contributed by atoms with Crippen LogP contribution < -0.4 is 0 Å². The monoisotopic (exact) mass is 427 g/mol. The second-order valence-electron chi connectivity index (χ2n) is 7.47. The smallest absolute Gasteiger partial charge is 0.219 e. The fourth-order valence-electron chi connectivity index (χ4n) is 4.65. The van der Waals surface area contributed by atoms with Crippen molar-refractivity contribution in [3.05, 3.63) is 69.7 Å². The van der Waals surface area contributed by atoms with Gasteiger partial charge in [-0.1, -0.05) is 52.3 Å². The minimum absolute atomic E-state index is 0.112. The fraction of sp³-hybridized carbons (Fsp3) is 0.391. The van der Waals surface area contributed by atoms with Crippen molar-refractivity contribution in [3.8, 4) is 0 Å². The van der Waals surface area contributed by atoms with E-state index in [-0.39, 0.29) is 17.6 Å². The van der Waals surface area contributed by atoms with Gasteiger partial charge in [0.25, 0.3) is 0 Å². The highest BCUT2D eigenvalue weighted by Gasteiger charge is 2.47. The van der Waals surface area contributed by atoms with Crippen LogP contribution in [0.15, 0.2) is 53.0 Å². The predicted octanol–water partition coefficient (Wildman–Crippen LogP) is 4.89. The molecular weight excluding hydrogens is 402 g/mol. The van der Waals surface area contributed by atoms with Gasteiger partial charge in [0.1, 0.15) is 5.78 Å². The van der Waals surface area contributed by atoms with Crippen LogP contribution in [0.1, 0.15) is 43.4 Å². The number of piperidine rings is 1. The molecular formula is C23H26BrNO2. The molecule has 0 saturated carbocycles. The van der Waals surface area contributed by atoms with E-state index in [0.29, 0.717) is 13.1 Å². The van der Waals surface area contributed by atoms with Gasteiger partial charge in [0.2, 0.25) is 5.91 Å². The highest BCUT2D eigenvalue weighted by atomic mass is 79.9. The number of carbonyl (C=O) groups is 2. The largest absolute Gasteiger partial charge is 0.343 e. The van der Waals surface area contributed by atoms with Crippen molar-refractivity contribution in [2.45, 2.75) is 39.0 Å². The molecule has 1 aliphatic heterocycles. The van der Waals surface area contributed by atoms with Gasteiger partial charge in [-0.2, -0.15) is 0 Å². The predicted molar refractivity (Wildman–Crippen MR) is 112 cm³/mol. The lowest BCUT2D eigenvalue weighted by atomic mass is 9.60. The van der Waals surface area contributed by atoms with Crippen molar-refractivity contribution < 1.29 is 9.59 Å². The zero-order valence-corrected chi connectivity index (χ0v) is 17.8. The van der Waals surface area contributed by atoms with Crippen LogP contribution in [-0.2, 0) is 15.0 Å². The number of nitrogens with zero attached hydrogens (tertiary/aromatic N) is 1. The number of halogens is 1. The molecule has 0 N–H and O–H groups in total. The highest BCUT2D eigenvalue weighted by molar-refractivity contribution is 9.10. The maximum Gasteiger partial charge on any atom is 0.219 e. The van der Waals surface area contributed by atoms with E-state index in [4.69, 9.17) is 0 Å². The molecule has 3 nitrogen and oxygen atoms in total. The SMILES string of the molecule is CC(=O)N1CCC(C(C(C)=O)(c2ccc(Br)cc2)c2ccccc2C)CC1. The van der Waals surface area contributed by atoms with E-state index in [0.717, 1.165) is 34.0 Å². The molecule has 0 aromatic heterocycles. The minimum Gasteiger partial charge on any atom is -0.343 e. The third-order valence-corrected chi connectivity index (χ3v) is 6.51. The normalized spacial score (nSPS) is 17.4. The summed E-state index contributed by atoms with van der Waals surface area (Å²) in [6.45, 7) is 6.83. The molecule has 0 bridgehead atoms. The third kappa shape index (κ3) is 3.60. The molecule has 0 spiro atoms. The van der Waals surface area contributed by atoms with E-state index in [1.54, 1.807) is 13.8 Å². The number of aryl methyl sites for hydroxylation is 1. The Morgan fingerprint density at radius 2 is 1.59 bits per heavy atom. The summed E-state index contributed by atoms with van der Waals surface area (Å²) in [5, 5.41) is 0. The number of carbonyl (C=O) groups excluding carboxylic acids is 2. The third-order valence-electron chi connectivity index (χ3n) is 5.98. The van der Waals surface area contributed by atoms with E-state index in [1.165, 1.54) is 0 Å². The Balaban J connectivity index is 2.16. The Kier molecular flexibility index (Phi) is 5.85. The second-order valence-corrected chi connectivity index (χ2v) is 8.38. The average molecular weight is 428 g/mol. The van der Waals surface area contributed by atoms with Gasteiger partial charge < -0.3 is 4.90 Å². The molecule has 0 radical (unpaired) electrons. The number of rotatable bonds is 4. The molecule has 1 atom stereocenters. The Morgan fingerprint density at radius 3 is 2.11 bits per heavy atom. The first-order valence-electron chi connectivity index (χ1n) is 9.46. The van der Waals surface area contributed by atoms with E-state index < -0.39 is 5.41 Å². The summed E-state index contributed by atoms with van der Waals surface area (Å²) < 4.78 is 1.000. The van der Waals surface area contributed by atoms with Crippen molar-refractivity contribution >= 4 is 27.6 Å². The highest BCUT2D eigenvalue weighted by Crippen LogP contribution is 2.46. The summed E-state index contributed by atoms with van der Waals surface area (Å²) in [7, 11) is 0. The molecule has 0 aliphatic carbocycles. The van der Waals surface area contributed by atoms with E-state index in [1.807, 2.05) is 29.2 Å². The second kappa shape index (κ2) is 7.97. The maximum absolute atomic E-state index is 13.3. The van der Waals surface area contributed by atoms with Crippen LogP contribution in [0.2, 0.25) is 0 Å². The molecule has 2 aromatic rings. The average Bonchev–Trinajstić information content (AvgIpc) is 2.65. The van der Waals surface area contributed by atoms with Gasteiger partial charge in [0.15, 0.2) is 0 Å². The van der Waals surface area contributed by atoms with Crippen molar-refractivity contribution in [2.24, 2.45) is 5.92 Å². The number of hydrogen-bond acceptors (Lipinski definition) is 2. The lowest BCUT2D eigenvalue weighted by Gasteiger charge is -2.44. The van der Waals surface area contributed by atoms with Crippen LogP contribution in [-0.4, -0.2) is 29.7 Å². The minimum atomic E-state index is -0.686. The van der Waals surface area contributed by atoms with Gasteiger partial charge in [-0.05, 0) is 61.4 Å². The summed E-state index contributed by atoms with van der Waals surface area (Å²) in [5.74, 6) is 0.440. The molecule has 27 heavy (non-hydrogen) atoms. The lowest BCUT2D eigenvalue weighted by Crippen LogP contribution is -2.49. The Hall–Kier alpha value is -1.94. The molecule has 1 saturated heterocycles. The topological polar surface area (TPSA) is 37.4 Å². The van der Waals surface area contributed by atoms with Crippen LogP contribution >= 0.6 is 15.9 Å².